The van der Waals surface area contributed by atoms with E-state index in [1.165, 1.54) is 11.0 Å². The van der Waals surface area contributed by atoms with Crippen LogP contribution in [0.3, 0.4) is 0 Å². The average molecular weight is 345 g/mol. The fourth-order valence-electron chi connectivity index (χ4n) is 2.60. The summed E-state index contributed by atoms with van der Waals surface area (Å²) in [7, 11) is 0. The number of nitrogens with zero attached hydrogens (tertiary/aromatic N) is 3. The van der Waals surface area contributed by atoms with E-state index in [2.05, 4.69) is 0 Å². The Bertz CT molecular complexity index is 876. The molecule has 0 N–H and O–H groups in total. The predicted octanol–water partition coefficient (Wildman–Crippen LogP) is 2.09. The second-order valence-corrected chi connectivity index (χ2v) is 5.95. The lowest BCUT2D eigenvalue weighted by Crippen LogP contribution is -2.37. The first-order chi connectivity index (χ1) is 12.0. The van der Waals surface area contributed by atoms with Gasteiger partial charge in [0.2, 0.25) is 5.91 Å². The van der Waals surface area contributed by atoms with Gasteiger partial charge in [0, 0.05) is 30.3 Å². The first-order valence-corrected chi connectivity index (χ1v) is 7.83. The summed E-state index contributed by atoms with van der Waals surface area (Å²) < 4.78 is 14.9. The monoisotopic (exact) mass is 345 g/mol. The Balaban J connectivity index is 1.80. The maximum absolute atomic E-state index is 13.9. The molecular weight excluding hydrogens is 329 g/mol. The lowest BCUT2D eigenvalue weighted by atomic mass is 10.2. The number of carbonyl (C=O) groups excluding carboxylic acids is 1. The molecule has 25 heavy (non-hydrogen) atoms. The molecular formula is C17H16FN3O4. The highest BCUT2D eigenvalue weighted by atomic mass is 19.1. The molecule has 0 bridgehead atoms. The molecule has 8 heteroatoms. The normalized spacial score (nSPS) is 13.5. The quantitative estimate of drug-likeness (QED) is 0.593. The number of hydrogen-bond donors (Lipinski definition) is 0. The Morgan fingerprint density at radius 2 is 2.00 bits per heavy atom. The van der Waals surface area contributed by atoms with Gasteiger partial charge in [0.15, 0.2) is 0 Å². The SMILES string of the molecule is O=C(Cn1cc([N+](=O)[O-])ccc1=O)N(Cc1ccccc1F)C1CC1. The largest absolute Gasteiger partial charge is 0.334 e. The van der Waals surface area contributed by atoms with Gasteiger partial charge < -0.3 is 4.90 Å². The van der Waals surface area contributed by atoms with E-state index < -0.39 is 16.3 Å². The van der Waals surface area contributed by atoms with Crippen molar-refractivity contribution >= 4 is 11.6 Å². The van der Waals surface area contributed by atoms with E-state index in [1.54, 1.807) is 18.2 Å². The Labute approximate surface area is 142 Å². The van der Waals surface area contributed by atoms with Crippen LogP contribution < -0.4 is 5.56 Å². The van der Waals surface area contributed by atoms with Crippen molar-refractivity contribution in [3.05, 3.63) is 74.4 Å². The minimum absolute atomic E-state index is 0.0153. The number of aromatic nitrogens is 1. The average Bonchev–Trinajstić information content (AvgIpc) is 3.40. The molecule has 0 spiro atoms. The minimum Gasteiger partial charge on any atom is -0.334 e. The van der Waals surface area contributed by atoms with Gasteiger partial charge in [0.25, 0.3) is 11.2 Å². The van der Waals surface area contributed by atoms with Gasteiger partial charge in [-0.3, -0.25) is 24.3 Å². The Morgan fingerprint density at radius 1 is 1.28 bits per heavy atom. The van der Waals surface area contributed by atoms with E-state index in [1.807, 2.05) is 0 Å². The van der Waals surface area contributed by atoms with Crippen molar-refractivity contribution in [3.8, 4) is 0 Å². The maximum Gasteiger partial charge on any atom is 0.285 e. The van der Waals surface area contributed by atoms with E-state index in [4.69, 9.17) is 0 Å². The van der Waals surface area contributed by atoms with Gasteiger partial charge in [-0.1, -0.05) is 18.2 Å². The smallest absolute Gasteiger partial charge is 0.285 e. The first kappa shape index (κ1) is 16.8. The minimum atomic E-state index is -0.627. The zero-order valence-electron chi connectivity index (χ0n) is 13.3. The third kappa shape index (κ3) is 3.90. The molecule has 0 radical (unpaired) electrons. The fourth-order valence-corrected chi connectivity index (χ4v) is 2.60. The van der Waals surface area contributed by atoms with Gasteiger partial charge in [-0.25, -0.2) is 4.39 Å². The Hall–Kier alpha value is -3.03. The molecule has 0 unspecified atom stereocenters. The van der Waals surface area contributed by atoms with Crippen molar-refractivity contribution in [2.45, 2.75) is 32.0 Å². The summed E-state index contributed by atoms with van der Waals surface area (Å²) in [4.78, 5) is 36.2. The van der Waals surface area contributed by atoms with E-state index >= 15 is 0 Å². The molecule has 130 valence electrons. The summed E-state index contributed by atoms with van der Waals surface area (Å²) in [6, 6.07) is 8.38. The van der Waals surface area contributed by atoms with Gasteiger partial charge >= 0.3 is 0 Å². The zero-order chi connectivity index (χ0) is 18.0. The summed E-state index contributed by atoms with van der Waals surface area (Å²) in [5.74, 6) is -0.762. The first-order valence-electron chi connectivity index (χ1n) is 7.83. The third-order valence-electron chi connectivity index (χ3n) is 4.09. The van der Waals surface area contributed by atoms with Crippen molar-refractivity contribution in [1.29, 1.82) is 0 Å². The van der Waals surface area contributed by atoms with Crippen LogP contribution in [0.2, 0.25) is 0 Å². The highest BCUT2D eigenvalue weighted by Gasteiger charge is 2.33. The summed E-state index contributed by atoms with van der Waals surface area (Å²) in [6.45, 7) is -0.203. The van der Waals surface area contributed by atoms with Crippen molar-refractivity contribution < 1.29 is 14.1 Å². The van der Waals surface area contributed by atoms with E-state index in [-0.39, 0.29) is 30.7 Å². The summed E-state index contributed by atoms with van der Waals surface area (Å²) in [5.41, 5.74) is -0.366. The van der Waals surface area contributed by atoms with Crippen molar-refractivity contribution in [2.24, 2.45) is 0 Å². The molecule has 0 aliphatic heterocycles. The number of pyridine rings is 1. The van der Waals surface area contributed by atoms with Crippen LogP contribution in [0.4, 0.5) is 10.1 Å². The lowest BCUT2D eigenvalue weighted by molar-refractivity contribution is -0.385. The molecule has 1 aromatic carbocycles. The van der Waals surface area contributed by atoms with Gasteiger partial charge in [0.1, 0.15) is 12.4 Å². The summed E-state index contributed by atoms with van der Waals surface area (Å²) in [5, 5.41) is 10.8. The van der Waals surface area contributed by atoms with Gasteiger partial charge in [0.05, 0.1) is 11.1 Å². The molecule has 3 rings (SSSR count). The second-order valence-electron chi connectivity index (χ2n) is 5.95. The van der Waals surface area contributed by atoms with Gasteiger partial charge in [-0.15, -0.1) is 0 Å². The van der Waals surface area contributed by atoms with E-state index in [0.29, 0.717) is 5.56 Å². The second kappa shape index (κ2) is 6.84. The van der Waals surface area contributed by atoms with Crippen LogP contribution in [0.25, 0.3) is 0 Å². The number of carbonyl (C=O) groups is 1. The number of amides is 1. The van der Waals surface area contributed by atoms with Crippen LogP contribution in [0, 0.1) is 15.9 Å². The van der Waals surface area contributed by atoms with Crippen LogP contribution in [-0.4, -0.2) is 26.3 Å². The molecule has 1 aliphatic rings. The maximum atomic E-state index is 13.9. The van der Waals surface area contributed by atoms with Crippen LogP contribution >= 0.6 is 0 Å². The topological polar surface area (TPSA) is 85.5 Å². The van der Waals surface area contributed by atoms with Crippen LogP contribution in [0.15, 0.2) is 47.4 Å². The number of nitro groups is 1. The number of rotatable bonds is 6. The van der Waals surface area contributed by atoms with Crippen LogP contribution in [0.5, 0.6) is 0 Å². The molecule has 7 nitrogen and oxygen atoms in total. The van der Waals surface area contributed by atoms with Gasteiger partial charge in [-0.2, -0.15) is 0 Å². The Kier molecular flexibility index (Phi) is 4.60. The number of halogens is 1. The van der Waals surface area contributed by atoms with E-state index in [0.717, 1.165) is 35.7 Å². The van der Waals surface area contributed by atoms with Gasteiger partial charge in [-0.05, 0) is 18.9 Å². The summed E-state index contributed by atoms with van der Waals surface area (Å²) >= 11 is 0. The van der Waals surface area contributed by atoms with Crippen LogP contribution in [-0.2, 0) is 17.9 Å². The number of hydrogen-bond acceptors (Lipinski definition) is 4. The lowest BCUT2D eigenvalue weighted by Gasteiger charge is -2.23. The van der Waals surface area contributed by atoms with Crippen molar-refractivity contribution in [2.75, 3.05) is 0 Å². The molecule has 1 amide bonds. The standard InChI is InChI=1S/C17H16FN3O4/c18-15-4-2-1-3-12(15)9-20(13-5-6-13)17(23)11-19-10-14(21(24)25)7-8-16(19)22/h1-4,7-8,10,13H,5-6,9,11H2. The Morgan fingerprint density at radius 3 is 2.64 bits per heavy atom. The molecule has 1 saturated carbocycles. The molecule has 1 fully saturated rings. The molecule has 1 heterocycles. The van der Waals surface area contributed by atoms with Crippen molar-refractivity contribution in [1.82, 2.24) is 9.47 Å². The van der Waals surface area contributed by atoms with E-state index in [9.17, 15) is 24.1 Å². The highest BCUT2D eigenvalue weighted by Crippen LogP contribution is 2.29. The van der Waals surface area contributed by atoms with Crippen LogP contribution in [0.1, 0.15) is 18.4 Å². The predicted molar refractivity (Wildman–Crippen MR) is 87.3 cm³/mol. The molecule has 0 atom stereocenters. The molecule has 1 aromatic heterocycles. The molecule has 1 aliphatic carbocycles. The fraction of sp³-hybridized carbons (Fsp3) is 0.294. The molecule has 2 aromatic rings. The molecule has 0 saturated heterocycles. The highest BCUT2D eigenvalue weighted by molar-refractivity contribution is 5.76. The third-order valence-corrected chi connectivity index (χ3v) is 4.09. The summed E-state index contributed by atoms with van der Waals surface area (Å²) in [6.07, 6.45) is 2.70. The number of benzene rings is 1. The zero-order valence-corrected chi connectivity index (χ0v) is 13.3. The van der Waals surface area contributed by atoms with Crippen molar-refractivity contribution in [3.63, 3.8) is 0 Å².